The molecular formula is C23H35N3O4S. The van der Waals surface area contributed by atoms with E-state index in [2.05, 4.69) is 5.32 Å². The normalized spacial score (nSPS) is 23.5. The number of Topliss-reactive ketones (excluding diaryl/α,β-unsaturated/α-hetero) is 1. The lowest BCUT2D eigenvalue weighted by Gasteiger charge is -2.29. The predicted molar refractivity (Wildman–Crippen MR) is 121 cm³/mol. The fourth-order valence-electron chi connectivity index (χ4n) is 4.30. The van der Waals surface area contributed by atoms with Crippen LogP contribution in [0.15, 0.2) is 11.3 Å². The zero-order valence-corrected chi connectivity index (χ0v) is 19.3. The number of carbonyl (C=O) groups is 3. The SMILES string of the molecule is C/C(N)=C(/C#N)C(=O)COC(=O)C1CCCCC1SCC(=O)NC1CCCCCCC1. The summed E-state index contributed by atoms with van der Waals surface area (Å²) in [6.45, 7) is 0.986. The van der Waals surface area contributed by atoms with Gasteiger partial charge in [-0.15, -0.1) is 11.8 Å². The standard InChI is InChI=1S/C23H35N3O4S/c1-16(25)19(13-24)20(27)14-30-23(29)18-11-7-8-12-21(18)31-15-22(28)26-17-9-5-3-2-4-6-10-17/h17-18,21H,2-12,14-15,25H2,1H3,(H,26,28)/b19-16+. The highest BCUT2D eigenvalue weighted by Gasteiger charge is 2.33. The molecule has 2 aliphatic rings. The van der Waals surface area contributed by atoms with Gasteiger partial charge in [0.15, 0.2) is 6.61 Å². The molecule has 0 saturated heterocycles. The highest BCUT2D eigenvalue weighted by Crippen LogP contribution is 2.34. The topological polar surface area (TPSA) is 122 Å². The summed E-state index contributed by atoms with van der Waals surface area (Å²) in [4.78, 5) is 37.1. The fourth-order valence-corrected chi connectivity index (χ4v) is 5.57. The summed E-state index contributed by atoms with van der Waals surface area (Å²) in [5.41, 5.74) is 5.47. The van der Waals surface area contributed by atoms with Crippen LogP contribution in [0, 0.1) is 17.2 Å². The smallest absolute Gasteiger partial charge is 0.310 e. The third-order valence-corrected chi connectivity index (χ3v) is 7.46. The summed E-state index contributed by atoms with van der Waals surface area (Å²) < 4.78 is 5.22. The number of carbonyl (C=O) groups excluding carboxylic acids is 3. The number of nitriles is 1. The summed E-state index contributed by atoms with van der Waals surface area (Å²) in [5.74, 6) is -0.996. The van der Waals surface area contributed by atoms with Crippen molar-refractivity contribution in [1.29, 1.82) is 5.26 Å². The highest BCUT2D eigenvalue weighted by molar-refractivity contribution is 8.00. The molecule has 2 rings (SSSR count). The first kappa shape index (κ1) is 25.3. The number of nitrogens with one attached hydrogen (secondary N) is 1. The Morgan fingerprint density at radius 3 is 2.29 bits per heavy atom. The second-order valence-corrected chi connectivity index (χ2v) is 9.78. The Kier molecular flexibility index (Phi) is 10.9. The average molecular weight is 450 g/mol. The van der Waals surface area contributed by atoms with Crippen molar-refractivity contribution in [1.82, 2.24) is 5.32 Å². The lowest BCUT2D eigenvalue weighted by Crippen LogP contribution is -2.38. The van der Waals surface area contributed by atoms with E-state index in [1.165, 1.54) is 50.8 Å². The Labute approximate surface area is 189 Å². The number of ether oxygens (including phenoxy) is 1. The van der Waals surface area contributed by atoms with Crippen LogP contribution in [0.3, 0.4) is 0 Å². The number of rotatable bonds is 8. The largest absolute Gasteiger partial charge is 0.457 e. The van der Waals surface area contributed by atoms with Crippen molar-refractivity contribution in [2.45, 2.75) is 88.8 Å². The third-order valence-electron chi connectivity index (χ3n) is 6.03. The van der Waals surface area contributed by atoms with E-state index in [1.54, 1.807) is 6.07 Å². The summed E-state index contributed by atoms with van der Waals surface area (Å²) in [6, 6.07) is 2.02. The molecule has 2 unspecified atom stereocenters. The first-order valence-electron chi connectivity index (χ1n) is 11.4. The number of hydrogen-bond donors (Lipinski definition) is 2. The number of amides is 1. The van der Waals surface area contributed by atoms with Crippen LogP contribution in [0.25, 0.3) is 0 Å². The van der Waals surface area contributed by atoms with E-state index >= 15 is 0 Å². The lowest BCUT2D eigenvalue weighted by molar-refractivity contribution is -0.152. The van der Waals surface area contributed by atoms with Gasteiger partial charge in [-0.1, -0.05) is 44.9 Å². The van der Waals surface area contributed by atoms with Crippen molar-refractivity contribution in [3.63, 3.8) is 0 Å². The molecule has 0 bridgehead atoms. The van der Waals surface area contributed by atoms with Crippen LogP contribution < -0.4 is 11.1 Å². The van der Waals surface area contributed by atoms with Gasteiger partial charge in [-0.25, -0.2) is 0 Å². The molecule has 7 nitrogen and oxygen atoms in total. The van der Waals surface area contributed by atoms with Gasteiger partial charge in [0.2, 0.25) is 11.7 Å². The Hall–Kier alpha value is -2.01. The molecule has 8 heteroatoms. The fraction of sp³-hybridized carbons (Fsp3) is 0.739. The first-order valence-corrected chi connectivity index (χ1v) is 12.4. The highest BCUT2D eigenvalue weighted by atomic mass is 32.2. The zero-order valence-electron chi connectivity index (χ0n) is 18.5. The van der Waals surface area contributed by atoms with Crippen molar-refractivity contribution in [3.8, 4) is 6.07 Å². The van der Waals surface area contributed by atoms with E-state index in [9.17, 15) is 14.4 Å². The number of hydrogen-bond acceptors (Lipinski definition) is 7. The van der Waals surface area contributed by atoms with Gasteiger partial charge in [0.1, 0.15) is 11.6 Å². The molecule has 2 fully saturated rings. The Morgan fingerprint density at radius 1 is 1.03 bits per heavy atom. The number of thioether (sulfide) groups is 1. The lowest BCUT2D eigenvalue weighted by atomic mass is 9.89. The molecule has 0 radical (unpaired) electrons. The van der Waals surface area contributed by atoms with Gasteiger partial charge in [-0.3, -0.25) is 14.4 Å². The van der Waals surface area contributed by atoms with E-state index in [0.29, 0.717) is 12.2 Å². The number of nitrogens with two attached hydrogens (primary N) is 1. The second-order valence-electron chi connectivity index (χ2n) is 8.55. The van der Waals surface area contributed by atoms with E-state index < -0.39 is 18.4 Å². The van der Waals surface area contributed by atoms with Crippen LogP contribution in [0.4, 0.5) is 0 Å². The van der Waals surface area contributed by atoms with Gasteiger partial charge < -0.3 is 15.8 Å². The van der Waals surface area contributed by atoms with E-state index in [1.807, 2.05) is 0 Å². The van der Waals surface area contributed by atoms with Crippen LogP contribution >= 0.6 is 11.8 Å². The summed E-state index contributed by atoms with van der Waals surface area (Å²) in [6.07, 6.45) is 11.7. The maximum atomic E-state index is 12.6. The van der Waals surface area contributed by atoms with Crippen molar-refractivity contribution in [2.24, 2.45) is 11.7 Å². The monoisotopic (exact) mass is 449 g/mol. The van der Waals surface area contributed by atoms with Gasteiger partial charge in [-0.05, 0) is 32.6 Å². The molecule has 0 aliphatic heterocycles. The molecule has 3 N–H and O–H groups in total. The Bertz CT molecular complexity index is 704. The molecule has 1 amide bonds. The predicted octanol–water partition coefficient (Wildman–Crippen LogP) is 3.38. The molecule has 2 saturated carbocycles. The number of allylic oxidation sites excluding steroid dienone is 1. The van der Waals surface area contributed by atoms with Gasteiger partial charge >= 0.3 is 5.97 Å². The molecule has 0 spiro atoms. The molecular weight excluding hydrogens is 414 g/mol. The molecule has 31 heavy (non-hydrogen) atoms. The number of nitrogens with zero attached hydrogens (tertiary/aromatic N) is 1. The van der Waals surface area contributed by atoms with Crippen LogP contribution in [-0.4, -0.2) is 41.3 Å². The summed E-state index contributed by atoms with van der Waals surface area (Å²) >= 11 is 1.51. The number of esters is 1. The number of ketones is 1. The molecule has 0 heterocycles. The van der Waals surface area contributed by atoms with E-state index in [0.717, 1.165) is 32.1 Å². The van der Waals surface area contributed by atoms with Gasteiger partial charge in [0.05, 0.1) is 11.7 Å². The molecule has 0 aromatic rings. The zero-order chi connectivity index (χ0) is 22.6. The van der Waals surface area contributed by atoms with E-state index in [-0.39, 0.29) is 34.4 Å². The quantitative estimate of drug-likeness (QED) is 0.331. The average Bonchev–Trinajstić information content (AvgIpc) is 2.72. The Balaban J connectivity index is 1.82. The molecule has 172 valence electrons. The van der Waals surface area contributed by atoms with Crippen LogP contribution in [0.1, 0.15) is 77.6 Å². The molecule has 2 aliphatic carbocycles. The van der Waals surface area contributed by atoms with Crippen LogP contribution in [0.5, 0.6) is 0 Å². The van der Waals surface area contributed by atoms with Crippen molar-refractivity contribution < 1.29 is 19.1 Å². The van der Waals surface area contributed by atoms with Gasteiger partial charge in [-0.2, -0.15) is 5.26 Å². The second kappa shape index (κ2) is 13.4. The first-order chi connectivity index (χ1) is 14.9. The maximum Gasteiger partial charge on any atom is 0.310 e. The van der Waals surface area contributed by atoms with Gasteiger partial charge in [0, 0.05) is 17.0 Å². The maximum absolute atomic E-state index is 12.6. The Morgan fingerprint density at radius 2 is 1.65 bits per heavy atom. The minimum absolute atomic E-state index is 0.00154. The van der Waals surface area contributed by atoms with Crippen molar-refractivity contribution in [2.75, 3.05) is 12.4 Å². The van der Waals surface area contributed by atoms with Crippen LogP contribution in [0.2, 0.25) is 0 Å². The van der Waals surface area contributed by atoms with E-state index in [4.69, 9.17) is 15.7 Å². The summed E-state index contributed by atoms with van der Waals surface area (Å²) in [7, 11) is 0. The molecule has 0 aromatic heterocycles. The minimum Gasteiger partial charge on any atom is -0.457 e. The minimum atomic E-state index is -0.588. The third kappa shape index (κ3) is 8.56. The molecule has 2 atom stereocenters. The van der Waals surface area contributed by atoms with Gasteiger partial charge in [0.25, 0.3) is 0 Å². The van der Waals surface area contributed by atoms with Crippen molar-refractivity contribution >= 4 is 29.4 Å². The summed E-state index contributed by atoms with van der Waals surface area (Å²) in [5, 5.41) is 12.2. The van der Waals surface area contributed by atoms with Crippen LogP contribution in [-0.2, 0) is 19.1 Å². The van der Waals surface area contributed by atoms with Crippen molar-refractivity contribution in [3.05, 3.63) is 11.3 Å². The molecule has 0 aromatic carbocycles.